The number of sulfonamides is 1. The van der Waals surface area contributed by atoms with E-state index in [1.165, 1.54) is 17.0 Å². The monoisotopic (exact) mass is 390 g/mol. The fraction of sp³-hybridized carbons (Fsp3) is 0.278. The summed E-state index contributed by atoms with van der Waals surface area (Å²) in [7, 11) is -2.14. The second-order valence-electron chi connectivity index (χ2n) is 6.03. The lowest BCUT2D eigenvalue weighted by Crippen LogP contribution is -2.42. The predicted molar refractivity (Wildman–Crippen MR) is 100 cm³/mol. The van der Waals surface area contributed by atoms with Crippen LogP contribution in [0.15, 0.2) is 53.7 Å². The molecule has 0 aliphatic heterocycles. The van der Waals surface area contributed by atoms with Gasteiger partial charge in [-0.05, 0) is 48.2 Å². The highest BCUT2D eigenvalue weighted by Gasteiger charge is 2.17. The Labute approximate surface area is 158 Å². The molecule has 8 nitrogen and oxygen atoms in total. The molecule has 0 bridgehead atoms. The van der Waals surface area contributed by atoms with Gasteiger partial charge in [0.2, 0.25) is 10.0 Å². The number of primary sulfonamides is 1. The molecule has 0 spiro atoms. The lowest BCUT2D eigenvalue weighted by Gasteiger charge is -2.16. The Morgan fingerprint density at radius 1 is 1.04 bits per heavy atom. The maximum Gasteiger partial charge on any atom is 0.311 e. The second kappa shape index (κ2) is 9.24. The van der Waals surface area contributed by atoms with Crippen molar-refractivity contribution in [3.8, 4) is 0 Å². The molecule has 144 valence electrons. The van der Waals surface area contributed by atoms with Crippen LogP contribution in [-0.4, -0.2) is 50.3 Å². The Hall–Kier alpha value is -2.78. The largest absolute Gasteiger partial charge is 0.347 e. The van der Waals surface area contributed by atoms with Gasteiger partial charge < -0.3 is 10.2 Å². The van der Waals surface area contributed by atoms with Crippen LogP contribution in [0, 0.1) is 0 Å². The Balaban J connectivity index is 1.76. The van der Waals surface area contributed by atoms with Gasteiger partial charge in [0.05, 0.1) is 4.90 Å². The molecule has 9 heteroatoms. The van der Waals surface area contributed by atoms with Crippen LogP contribution in [-0.2, 0) is 32.5 Å². The highest BCUT2D eigenvalue weighted by Crippen LogP contribution is 2.09. The number of pyridine rings is 1. The first-order valence-electron chi connectivity index (χ1n) is 8.31. The van der Waals surface area contributed by atoms with Crippen molar-refractivity contribution in [1.29, 1.82) is 0 Å². The lowest BCUT2D eigenvalue weighted by molar-refractivity contribution is -0.144. The summed E-state index contributed by atoms with van der Waals surface area (Å²) in [4.78, 5) is 29.4. The zero-order valence-electron chi connectivity index (χ0n) is 15.0. The Morgan fingerprint density at radius 2 is 1.63 bits per heavy atom. The summed E-state index contributed by atoms with van der Waals surface area (Å²) in [5, 5.41) is 7.61. The van der Waals surface area contributed by atoms with E-state index in [-0.39, 0.29) is 11.4 Å². The van der Waals surface area contributed by atoms with E-state index in [1.807, 2.05) is 12.1 Å². The molecule has 2 amide bonds. The van der Waals surface area contributed by atoms with Gasteiger partial charge in [0, 0.05) is 32.5 Å². The van der Waals surface area contributed by atoms with E-state index >= 15 is 0 Å². The number of rotatable bonds is 7. The molecule has 1 heterocycles. The van der Waals surface area contributed by atoms with Crippen molar-refractivity contribution in [2.45, 2.75) is 17.7 Å². The molecule has 0 aliphatic carbocycles. The summed E-state index contributed by atoms with van der Waals surface area (Å²) < 4.78 is 22.4. The van der Waals surface area contributed by atoms with Crippen LogP contribution in [0.4, 0.5) is 0 Å². The van der Waals surface area contributed by atoms with Gasteiger partial charge in [-0.25, -0.2) is 13.6 Å². The summed E-state index contributed by atoms with van der Waals surface area (Å²) in [6, 6.07) is 9.78. The molecule has 0 fully saturated rings. The summed E-state index contributed by atoms with van der Waals surface area (Å²) in [6.45, 7) is 0.683. The van der Waals surface area contributed by atoms with Crippen LogP contribution in [0.5, 0.6) is 0 Å². The molecule has 1 aromatic heterocycles. The van der Waals surface area contributed by atoms with E-state index in [4.69, 9.17) is 5.14 Å². The number of nitrogens with one attached hydrogen (secondary N) is 1. The molecule has 3 N–H and O–H groups in total. The van der Waals surface area contributed by atoms with Crippen LogP contribution in [0.25, 0.3) is 0 Å². The maximum absolute atomic E-state index is 12.1. The summed E-state index contributed by atoms with van der Waals surface area (Å²) in [5.74, 6) is -1.28. The van der Waals surface area contributed by atoms with Crippen molar-refractivity contribution in [2.75, 3.05) is 20.1 Å². The van der Waals surface area contributed by atoms with Crippen LogP contribution in [0.3, 0.4) is 0 Å². The smallest absolute Gasteiger partial charge is 0.311 e. The van der Waals surface area contributed by atoms with Crippen LogP contribution in [0.1, 0.15) is 11.1 Å². The number of nitrogens with zero attached hydrogens (tertiary/aromatic N) is 2. The number of carbonyl (C=O) groups excluding carboxylic acids is 2. The zero-order valence-corrected chi connectivity index (χ0v) is 15.8. The van der Waals surface area contributed by atoms with E-state index in [1.54, 1.807) is 31.6 Å². The molecule has 2 rings (SSSR count). The maximum atomic E-state index is 12.1. The van der Waals surface area contributed by atoms with Gasteiger partial charge in [0.1, 0.15) is 0 Å². The third kappa shape index (κ3) is 6.46. The highest BCUT2D eigenvalue weighted by molar-refractivity contribution is 7.89. The first-order chi connectivity index (χ1) is 12.8. The van der Waals surface area contributed by atoms with Gasteiger partial charge in [-0.3, -0.25) is 14.6 Å². The van der Waals surface area contributed by atoms with Crippen molar-refractivity contribution in [3.05, 3.63) is 59.9 Å². The van der Waals surface area contributed by atoms with Crippen LogP contribution < -0.4 is 10.5 Å². The third-order valence-corrected chi connectivity index (χ3v) is 4.91. The Bertz CT molecular complexity index is 883. The number of amides is 2. The molecular weight excluding hydrogens is 368 g/mol. The van der Waals surface area contributed by atoms with Crippen molar-refractivity contribution in [1.82, 2.24) is 15.2 Å². The second-order valence-corrected chi connectivity index (χ2v) is 7.59. The minimum Gasteiger partial charge on any atom is -0.347 e. The summed E-state index contributed by atoms with van der Waals surface area (Å²) in [6.07, 6.45) is 4.46. The standard InChI is InChI=1S/C18H22N4O4S/c1-22(13-9-15-6-10-20-11-7-15)18(24)17(23)21-12-8-14-2-4-16(5-3-14)27(19,25)26/h2-7,10-11H,8-9,12-13H2,1H3,(H,21,23)(H2,19,25,26). The third-order valence-electron chi connectivity index (χ3n) is 3.98. The summed E-state index contributed by atoms with van der Waals surface area (Å²) in [5.41, 5.74) is 1.86. The predicted octanol–water partition coefficient (Wildman–Crippen LogP) is 0.0888. The first-order valence-corrected chi connectivity index (χ1v) is 9.86. The topological polar surface area (TPSA) is 122 Å². The average molecular weight is 390 g/mol. The fourth-order valence-electron chi connectivity index (χ4n) is 2.36. The number of nitrogens with two attached hydrogens (primary N) is 1. The summed E-state index contributed by atoms with van der Waals surface area (Å²) >= 11 is 0. The quantitative estimate of drug-likeness (QED) is 0.649. The Morgan fingerprint density at radius 3 is 2.22 bits per heavy atom. The molecule has 2 aromatic rings. The van der Waals surface area contributed by atoms with E-state index in [9.17, 15) is 18.0 Å². The van der Waals surface area contributed by atoms with E-state index in [0.717, 1.165) is 11.1 Å². The van der Waals surface area contributed by atoms with Crippen molar-refractivity contribution >= 4 is 21.8 Å². The number of hydrogen-bond donors (Lipinski definition) is 2. The molecule has 0 radical (unpaired) electrons. The molecule has 0 saturated carbocycles. The van der Waals surface area contributed by atoms with Gasteiger partial charge >= 0.3 is 11.8 Å². The molecule has 27 heavy (non-hydrogen) atoms. The molecule has 0 atom stereocenters. The van der Waals surface area contributed by atoms with E-state index in [0.29, 0.717) is 19.4 Å². The van der Waals surface area contributed by atoms with Crippen molar-refractivity contribution < 1.29 is 18.0 Å². The van der Waals surface area contributed by atoms with Gasteiger partial charge in [0.25, 0.3) is 0 Å². The highest BCUT2D eigenvalue weighted by atomic mass is 32.2. The minimum atomic E-state index is -3.72. The zero-order chi connectivity index (χ0) is 19.9. The van der Waals surface area contributed by atoms with E-state index in [2.05, 4.69) is 10.3 Å². The SMILES string of the molecule is CN(CCc1ccncc1)C(=O)C(=O)NCCc1ccc(S(N)(=O)=O)cc1. The fourth-order valence-corrected chi connectivity index (χ4v) is 2.88. The minimum absolute atomic E-state index is 0.0290. The van der Waals surface area contributed by atoms with Crippen molar-refractivity contribution in [3.63, 3.8) is 0 Å². The molecule has 0 unspecified atom stereocenters. The number of hydrogen-bond acceptors (Lipinski definition) is 5. The number of likely N-dealkylation sites (N-methyl/N-ethyl adjacent to an activating group) is 1. The number of benzene rings is 1. The van der Waals surface area contributed by atoms with Crippen molar-refractivity contribution in [2.24, 2.45) is 5.14 Å². The number of carbonyl (C=O) groups is 2. The average Bonchev–Trinajstić information content (AvgIpc) is 2.66. The van der Waals surface area contributed by atoms with Gasteiger partial charge in [-0.15, -0.1) is 0 Å². The molecular formula is C18H22N4O4S. The Kier molecular flexibility index (Phi) is 7.03. The van der Waals surface area contributed by atoms with E-state index < -0.39 is 21.8 Å². The molecule has 0 saturated heterocycles. The van der Waals surface area contributed by atoms with Gasteiger partial charge in [0.15, 0.2) is 0 Å². The normalized spacial score (nSPS) is 11.0. The molecule has 1 aromatic carbocycles. The van der Waals surface area contributed by atoms with Gasteiger partial charge in [-0.1, -0.05) is 12.1 Å². The molecule has 0 aliphatic rings. The van der Waals surface area contributed by atoms with Crippen LogP contribution >= 0.6 is 0 Å². The van der Waals surface area contributed by atoms with Crippen LogP contribution in [0.2, 0.25) is 0 Å². The number of aromatic nitrogens is 1. The van der Waals surface area contributed by atoms with Gasteiger partial charge in [-0.2, -0.15) is 0 Å². The lowest BCUT2D eigenvalue weighted by atomic mass is 10.1. The first kappa shape index (κ1) is 20.5.